The van der Waals surface area contributed by atoms with Gasteiger partial charge in [-0.15, -0.1) is 5.10 Å². The molecule has 0 bridgehead atoms. The van der Waals surface area contributed by atoms with Crippen LogP contribution < -0.4 is 9.57 Å². The maximum Gasteiger partial charge on any atom is 0.435 e. The first-order valence-corrected chi connectivity index (χ1v) is 9.57. The summed E-state index contributed by atoms with van der Waals surface area (Å²) >= 11 is 6.15. The minimum atomic E-state index is -4.78. The van der Waals surface area contributed by atoms with Crippen LogP contribution in [0.5, 0.6) is 5.75 Å². The first-order chi connectivity index (χ1) is 13.1. The Morgan fingerprint density at radius 1 is 1.11 bits per heavy atom. The van der Waals surface area contributed by atoms with E-state index < -0.39 is 21.9 Å². The Bertz CT molecular complexity index is 1100. The van der Waals surface area contributed by atoms with Crippen LogP contribution in [0.15, 0.2) is 59.5 Å². The van der Waals surface area contributed by atoms with Gasteiger partial charge in [0.1, 0.15) is 5.75 Å². The number of methoxy groups -OCH3 is 1. The Labute approximate surface area is 163 Å². The molecule has 0 fully saturated rings. The van der Waals surface area contributed by atoms with Crippen molar-refractivity contribution >= 4 is 21.6 Å². The van der Waals surface area contributed by atoms with E-state index in [0.29, 0.717) is 16.6 Å². The van der Waals surface area contributed by atoms with Crippen LogP contribution in [0.25, 0.3) is 11.3 Å². The topological polar surface area (TPSA) is 73.2 Å². The maximum atomic E-state index is 13.2. The summed E-state index contributed by atoms with van der Waals surface area (Å²) in [6.07, 6.45) is -4.78. The van der Waals surface area contributed by atoms with Gasteiger partial charge in [0, 0.05) is 5.56 Å². The molecule has 1 N–H and O–H groups in total. The summed E-state index contributed by atoms with van der Waals surface area (Å²) in [5.74, 6) is 0.390. The van der Waals surface area contributed by atoms with Gasteiger partial charge in [-0.05, 0) is 36.4 Å². The SMILES string of the molecule is COc1ccc(-c2cc(C(F)(F)F)nn2NS(=O)(=O)c2ccccc2)c(Cl)c1. The van der Waals surface area contributed by atoms with E-state index >= 15 is 0 Å². The molecule has 0 aliphatic carbocycles. The van der Waals surface area contributed by atoms with E-state index in [2.05, 4.69) is 5.10 Å². The van der Waals surface area contributed by atoms with E-state index in [9.17, 15) is 21.6 Å². The van der Waals surface area contributed by atoms with Gasteiger partial charge in [0.05, 0.1) is 22.7 Å². The fourth-order valence-corrected chi connectivity index (χ4v) is 3.63. The second-order valence-electron chi connectivity index (χ2n) is 5.58. The van der Waals surface area contributed by atoms with Crippen molar-refractivity contribution < 1.29 is 26.3 Å². The Hall–Kier alpha value is -2.72. The van der Waals surface area contributed by atoms with Crippen LogP contribution in [0.2, 0.25) is 5.02 Å². The highest BCUT2D eigenvalue weighted by Crippen LogP contribution is 2.35. The molecule has 0 saturated heterocycles. The Morgan fingerprint density at radius 2 is 1.79 bits per heavy atom. The number of nitrogens with zero attached hydrogens (tertiary/aromatic N) is 2. The second kappa shape index (κ2) is 7.36. The number of sulfonamides is 1. The molecule has 2 aromatic carbocycles. The lowest BCUT2D eigenvalue weighted by Gasteiger charge is -2.12. The summed E-state index contributed by atoms with van der Waals surface area (Å²) in [5, 5.41) is 3.43. The largest absolute Gasteiger partial charge is 0.497 e. The van der Waals surface area contributed by atoms with E-state index in [-0.39, 0.29) is 21.2 Å². The summed E-state index contributed by atoms with van der Waals surface area (Å²) in [5.41, 5.74) is -1.31. The van der Waals surface area contributed by atoms with E-state index in [4.69, 9.17) is 16.3 Å². The summed E-state index contributed by atoms with van der Waals surface area (Å²) < 4.78 is 69.6. The molecule has 28 heavy (non-hydrogen) atoms. The lowest BCUT2D eigenvalue weighted by molar-refractivity contribution is -0.141. The van der Waals surface area contributed by atoms with E-state index in [1.165, 1.54) is 49.6 Å². The fraction of sp³-hybridized carbons (Fsp3) is 0.118. The first-order valence-electron chi connectivity index (χ1n) is 7.71. The monoisotopic (exact) mass is 431 g/mol. The number of halogens is 4. The van der Waals surface area contributed by atoms with Crippen molar-refractivity contribution in [3.8, 4) is 17.0 Å². The minimum Gasteiger partial charge on any atom is -0.497 e. The van der Waals surface area contributed by atoms with Gasteiger partial charge in [-0.25, -0.2) is 0 Å². The third-order valence-corrected chi connectivity index (χ3v) is 5.33. The van der Waals surface area contributed by atoms with Gasteiger partial charge in [0.25, 0.3) is 10.0 Å². The predicted molar refractivity (Wildman–Crippen MR) is 97.2 cm³/mol. The number of ether oxygens (including phenoxy) is 1. The third-order valence-electron chi connectivity index (χ3n) is 3.71. The number of hydrogen-bond donors (Lipinski definition) is 1. The molecule has 0 spiro atoms. The Balaban J connectivity index is 2.12. The van der Waals surface area contributed by atoms with Gasteiger partial charge >= 0.3 is 6.18 Å². The van der Waals surface area contributed by atoms with Crippen LogP contribution >= 0.6 is 11.6 Å². The van der Waals surface area contributed by atoms with Gasteiger partial charge in [-0.2, -0.15) is 31.2 Å². The third kappa shape index (κ3) is 4.07. The van der Waals surface area contributed by atoms with E-state index in [1.54, 1.807) is 6.07 Å². The molecule has 0 atom stereocenters. The zero-order valence-electron chi connectivity index (χ0n) is 14.2. The lowest BCUT2D eigenvalue weighted by atomic mass is 10.1. The van der Waals surface area contributed by atoms with E-state index in [0.717, 1.165) is 0 Å². The molecule has 0 unspecified atom stereocenters. The van der Waals surface area contributed by atoms with Crippen molar-refractivity contribution in [2.75, 3.05) is 11.9 Å². The van der Waals surface area contributed by atoms with Gasteiger partial charge in [-0.3, -0.25) is 0 Å². The summed E-state index contributed by atoms with van der Waals surface area (Å²) in [7, 11) is -2.78. The normalized spacial score (nSPS) is 12.0. The molecular weight excluding hydrogens is 419 g/mol. The molecule has 6 nitrogen and oxygen atoms in total. The van der Waals surface area contributed by atoms with Crippen LogP contribution in [0.4, 0.5) is 13.2 Å². The molecular formula is C17H13ClF3N3O3S. The highest BCUT2D eigenvalue weighted by atomic mass is 35.5. The molecule has 0 aliphatic rings. The van der Waals surface area contributed by atoms with Crippen molar-refractivity contribution in [1.82, 2.24) is 9.89 Å². The van der Waals surface area contributed by atoms with Crippen molar-refractivity contribution in [1.29, 1.82) is 0 Å². The lowest BCUT2D eigenvalue weighted by Crippen LogP contribution is -2.25. The van der Waals surface area contributed by atoms with Gasteiger partial charge in [-0.1, -0.05) is 29.8 Å². The molecule has 0 radical (unpaired) electrons. The van der Waals surface area contributed by atoms with Crippen LogP contribution in [-0.4, -0.2) is 25.4 Å². The molecule has 0 amide bonds. The average molecular weight is 432 g/mol. The molecule has 0 saturated carbocycles. The minimum absolute atomic E-state index is 0.0631. The highest BCUT2D eigenvalue weighted by Gasteiger charge is 2.36. The van der Waals surface area contributed by atoms with Crippen LogP contribution in [0.1, 0.15) is 5.69 Å². The Kier molecular flexibility index (Phi) is 5.26. The first kappa shape index (κ1) is 20.0. The molecule has 1 aromatic heterocycles. The molecule has 148 valence electrons. The van der Waals surface area contributed by atoms with Gasteiger partial charge < -0.3 is 4.74 Å². The standard InChI is InChI=1S/C17H13ClF3N3O3S/c1-27-11-7-8-13(14(18)9-11)15-10-16(17(19,20)21)22-24(15)23-28(25,26)12-5-3-2-4-6-12/h2-10,23H,1H3. The van der Waals surface area contributed by atoms with Crippen molar-refractivity contribution in [3.05, 3.63) is 65.3 Å². The van der Waals surface area contributed by atoms with Crippen LogP contribution in [0, 0.1) is 0 Å². The molecule has 3 aromatic rings. The molecule has 1 heterocycles. The number of rotatable bonds is 5. The predicted octanol–water partition coefficient (Wildman–Crippen LogP) is 4.16. The van der Waals surface area contributed by atoms with Gasteiger partial charge in [0.2, 0.25) is 0 Å². The van der Waals surface area contributed by atoms with Crippen molar-refractivity contribution in [2.24, 2.45) is 0 Å². The highest BCUT2D eigenvalue weighted by molar-refractivity contribution is 7.92. The molecule has 11 heteroatoms. The van der Waals surface area contributed by atoms with E-state index in [1.807, 2.05) is 4.83 Å². The number of benzene rings is 2. The number of nitrogens with one attached hydrogen (secondary N) is 1. The molecule has 3 rings (SSSR count). The fourth-order valence-electron chi connectivity index (χ4n) is 2.38. The zero-order chi connectivity index (χ0) is 20.5. The average Bonchev–Trinajstić information content (AvgIpc) is 3.05. The van der Waals surface area contributed by atoms with Crippen molar-refractivity contribution in [2.45, 2.75) is 11.1 Å². The second-order valence-corrected chi connectivity index (χ2v) is 7.65. The Morgan fingerprint density at radius 3 is 2.36 bits per heavy atom. The number of hydrogen-bond acceptors (Lipinski definition) is 4. The number of alkyl halides is 3. The smallest absolute Gasteiger partial charge is 0.435 e. The quantitative estimate of drug-likeness (QED) is 0.658. The summed E-state index contributed by atoms with van der Waals surface area (Å²) in [6.45, 7) is 0. The van der Waals surface area contributed by atoms with Gasteiger partial charge in [0.15, 0.2) is 5.69 Å². The maximum absolute atomic E-state index is 13.2. The molecule has 0 aliphatic heterocycles. The summed E-state index contributed by atoms with van der Waals surface area (Å²) in [4.78, 5) is 2.44. The number of aromatic nitrogens is 2. The summed E-state index contributed by atoms with van der Waals surface area (Å²) in [6, 6.07) is 12.2. The zero-order valence-corrected chi connectivity index (χ0v) is 15.8. The van der Waals surface area contributed by atoms with Crippen LogP contribution in [0.3, 0.4) is 0 Å². The van der Waals surface area contributed by atoms with Crippen molar-refractivity contribution in [3.63, 3.8) is 0 Å². The van der Waals surface area contributed by atoms with Crippen LogP contribution in [-0.2, 0) is 16.2 Å².